The zero-order valence-corrected chi connectivity index (χ0v) is 15.3. The average molecular weight is 355 g/mol. The van der Waals surface area contributed by atoms with Gasteiger partial charge in [0, 0.05) is 13.1 Å². The number of amides is 1. The number of hydrogen-bond donors (Lipinski definition) is 0. The zero-order valence-electron chi connectivity index (χ0n) is 14.5. The SMILES string of the molecule is COc1cc(C)c(CS(=O)(=O)CC(=O)N2CCCCC2)cc1OC. The topological polar surface area (TPSA) is 72.9 Å². The summed E-state index contributed by atoms with van der Waals surface area (Å²) in [5.74, 6) is 0.114. The molecule has 1 fully saturated rings. The molecule has 1 amide bonds. The van der Waals surface area contributed by atoms with Gasteiger partial charge < -0.3 is 14.4 Å². The predicted molar refractivity (Wildman–Crippen MR) is 92.2 cm³/mol. The van der Waals surface area contributed by atoms with Gasteiger partial charge in [-0.2, -0.15) is 0 Å². The first kappa shape index (κ1) is 18.6. The number of benzene rings is 1. The van der Waals surface area contributed by atoms with Crippen LogP contribution >= 0.6 is 0 Å². The Bertz CT molecular complexity index is 693. The van der Waals surface area contributed by atoms with Crippen LogP contribution in [0.25, 0.3) is 0 Å². The van der Waals surface area contributed by atoms with Gasteiger partial charge in [-0.3, -0.25) is 4.79 Å². The van der Waals surface area contributed by atoms with Crippen LogP contribution in [0, 0.1) is 6.92 Å². The summed E-state index contributed by atoms with van der Waals surface area (Å²) in [4.78, 5) is 13.9. The van der Waals surface area contributed by atoms with Crippen LogP contribution in [0.15, 0.2) is 12.1 Å². The largest absolute Gasteiger partial charge is 0.493 e. The van der Waals surface area contributed by atoms with Gasteiger partial charge in [-0.25, -0.2) is 8.42 Å². The van der Waals surface area contributed by atoms with E-state index in [-0.39, 0.29) is 11.7 Å². The van der Waals surface area contributed by atoms with Gasteiger partial charge in [-0.15, -0.1) is 0 Å². The minimum absolute atomic E-state index is 0.182. The summed E-state index contributed by atoms with van der Waals surface area (Å²) in [6.07, 6.45) is 2.99. The number of carbonyl (C=O) groups excluding carboxylic acids is 1. The molecule has 1 saturated heterocycles. The molecule has 6 nitrogen and oxygen atoms in total. The van der Waals surface area contributed by atoms with Crippen LogP contribution in [-0.4, -0.2) is 52.3 Å². The van der Waals surface area contributed by atoms with Crippen molar-refractivity contribution >= 4 is 15.7 Å². The molecule has 0 bridgehead atoms. The van der Waals surface area contributed by atoms with Crippen molar-refractivity contribution in [2.75, 3.05) is 33.1 Å². The highest BCUT2D eigenvalue weighted by Crippen LogP contribution is 2.31. The minimum atomic E-state index is -3.54. The number of sulfone groups is 1. The molecule has 24 heavy (non-hydrogen) atoms. The number of nitrogens with zero attached hydrogens (tertiary/aromatic N) is 1. The van der Waals surface area contributed by atoms with E-state index in [2.05, 4.69) is 0 Å². The van der Waals surface area contributed by atoms with Gasteiger partial charge in [-0.1, -0.05) is 0 Å². The van der Waals surface area contributed by atoms with Gasteiger partial charge >= 0.3 is 0 Å². The Kier molecular flexibility index (Phi) is 6.10. The molecule has 0 N–H and O–H groups in total. The molecule has 1 aromatic rings. The van der Waals surface area contributed by atoms with Gasteiger partial charge in [0.2, 0.25) is 5.91 Å². The summed E-state index contributed by atoms with van der Waals surface area (Å²) in [6, 6.07) is 3.41. The van der Waals surface area contributed by atoms with Gasteiger partial charge in [-0.05, 0) is 49.4 Å². The van der Waals surface area contributed by atoms with Gasteiger partial charge in [0.15, 0.2) is 21.3 Å². The maximum Gasteiger partial charge on any atom is 0.237 e. The van der Waals surface area contributed by atoms with Crippen LogP contribution in [-0.2, 0) is 20.4 Å². The van der Waals surface area contributed by atoms with E-state index < -0.39 is 15.6 Å². The highest BCUT2D eigenvalue weighted by Gasteiger charge is 2.24. The third-order valence-electron chi connectivity index (χ3n) is 4.27. The Morgan fingerprint density at radius 2 is 1.67 bits per heavy atom. The van der Waals surface area contributed by atoms with E-state index in [1.807, 2.05) is 6.92 Å². The molecule has 1 aliphatic heterocycles. The number of rotatable bonds is 6. The Morgan fingerprint density at radius 3 is 2.25 bits per heavy atom. The summed E-state index contributed by atoms with van der Waals surface area (Å²) in [5.41, 5.74) is 1.42. The standard InChI is InChI=1S/C17H25NO5S/c1-13-9-15(22-2)16(23-3)10-14(13)11-24(20,21)12-17(19)18-7-5-4-6-8-18/h9-10H,4-8,11-12H2,1-3H3. The maximum absolute atomic E-state index is 12.4. The number of carbonyl (C=O) groups is 1. The molecule has 0 spiro atoms. The number of piperidine rings is 1. The lowest BCUT2D eigenvalue weighted by molar-refractivity contribution is -0.129. The average Bonchev–Trinajstić information content (AvgIpc) is 2.56. The summed E-state index contributed by atoms with van der Waals surface area (Å²) in [5, 5.41) is 0. The fourth-order valence-corrected chi connectivity index (χ4v) is 4.33. The van der Waals surface area contributed by atoms with E-state index in [1.54, 1.807) is 17.0 Å². The highest BCUT2D eigenvalue weighted by molar-refractivity contribution is 7.91. The summed E-state index contributed by atoms with van der Waals surface area (Å²) >= 11 is 0. The van der Waals surface area contributed by atoms with Crippen LogP contribution in [0.3, 0.4) is 0 Å². The van der Waals surface area contributed by atoms with E-state index in [0.717, 1.165) is 24.8 Å². The molecule has 2 rings (SSSR count). The molecule has 7 heteroatoms. The van der Waals surface area contributed by atoms with Crippen LogP contribution in [0.4, 0.5) is 0 Å². The number of aryl methyl sites for hydroxylation is 1. The van der Waals surface area contributed by atoms with Crippen LogP contribution < -0.4 is 9.47 Å². The molecular weight excluding hydrogens is 330 g/mol. The van der Waals surface area contributed by atoms with Crippen LogP contribution in [0.2, 0.25) is 0 Å². The fraction of sp³-hybridized carbons (Fsp3) is 0.588. The number of hydrogen-bond acceptors (Lipinski definition) is 5. The van der Waals surface area contributed by atoms with Crippen LogP contribution in [0.1, 0.15) is 30.4 Å². The van der Waals surface area contributed by atoms with Crippen molar-refractivity contribution in [3.8, 4) is 11.5 Å². The lowest BCUT2D eigenvalue weighted by atomic mass is 10.1. The van der Waals surface area contributed by atoms with Crippen molar-refractivity contribution in [2.24, 2.45) is 0 Å². The highest BCUT2D eigenvalue weighted by atomic mass is 32.2. The van der Waals surface area contributed by atoms with Crippen molar-refractivity contribution < 1.29 is 22.7 Å². The zero-order chi connectivity index (χ0) is 17.7. The molecule has 134 valence electrons. The van der Waals surface area contributed by atoms with Crippen molar-refractivity contribution in [1.29, 1.82) is 0 Å². The smallest absolute Gasteiger partial charge is 0.237 e. The predicted octanol–water partition coefficient (Wildman–Crippen LogP) is 1.94. The number of likely N-dealkylation sites (tertiary alicyclic amines) is 1. The summed E-state index contributed by atoms with van der Waals surface area (Å²) in [6.45, 7) is 3.13. The molecule has 0 aromatic heterocycles. The Labute approximate surface area is 143 Å². The molecule has 1 aliphatic rings. The van der Waals surface area contributed by atoms with Gasteiger partial charge in [0.1, 0.15) is 5.75 Å². The van der Waals surface area contributed by atoms with E-state index in [1.165, 1.54) is 14.2 Å². The van der Waals surface area contributed by atoms with Crippen molar-refractivity contribution in [3.63, 3.8) is 0 Å². The second-order valence-electron chi connectivity index (χ2n) is 6.11. The van der Waals surface area contributed by atoms with Crippen molar-refractivity contribution in [3.05, 3.63) is 23.3 Å². The first-order chi connectivity index (χ1) is 11.4. The van der Waals surface area contributed by atoms with E-state index in [4.69, 9.17) is 9.47 Å². The second kappa shape index (κ2) is 7.88. The molecule has 0 atom stereocenters. The van der Waals surface area contributed by atoms with Crippen molar-refractivity contribution in [1.82, 2.24) is 4.90 Å². The lowest BCUT2D eigenvalue weighted by Gasteiger charge is -2.26. The van der Waals surface area contributed by atoms with E-state index in [9.17, 15) is 13.2 Å². The Balaban J connectivity index is 2.12. The summed E-state index contributed by atoms with van der Waals surface area (Å²) < 4.78 is 35.3. The second-order valence-corrected chi connectivity index (χ2v) is 8.17. The first-order valence-corrected chi connectivity index (χ1v) is 9.88. The fourth-order valence-electron chi connectivity index (χ4n) is 2.89. The quantitative estimate of drug-likeness (QED) is 0.780. The van der Waals surface area contributed by atoms with Gasteiger partial charge in [0.25, 0.3) is 0 Å². The first-order valence-electron chi connectivity index (χ1n) is 8.06. The third kappa shape index (κ3) is 4.63. The minimum Gasteiger partial charge on any atom is -0.493 e. The molecule has 0 unspecified atom stereocenters. The Hall–Kier alpha value is -1.76. The molecule has 1 aromatic carbocycles. The summed E-state index contributed by atoms with van der Waals surface area (Å²) in [7, 11) is -0.500. The normalized spacial score (nSPS) is 15.2. The Morgan fingerprint density at radius 1 is 1.08 bits per heavy atom. The molecule has 0 radical (unpaired) electrons. The van der Waals surface area contributed by atoms with E-state index >= 15 is 0 Å². The number of ether oxygens (including phenoxy) is 2. The molecule has 0 saturated carbocycles. The van der Waals surface area contributed by atoms with Crippen molar-refractivity contribution in [2.45, 2.75) is 31.9 Å². The van der Waals surface area contributed by atoms with E-state index in [0.29, 0.717) is 30.2 Å². The van der Waals surface area contributed by atoms with Gasteiger partial charge in [0.05, 0.1) is 20.0 Å². The van der Waals surface area contributed by atoms with Crippen LogP contribution in [0.5, 0.6) is 11.5 Å². The molecule has 0 aliphatic carbocycles. The monoisotopic (exact) mass is 355 g/mol. The lowest BCUT2D eigenvalue weighted by Crippen LogP contribution is -2.39. The molecular formula is C17H25NO5S. The third-order valence-corrected chi connectivity index (χ3v) is 5.71. The number of methoxy groups -OCH3 is 2. The molecule has 1 heterocycles. The maximum atomic E-state index is 12.4.